The molecule has 1 heterocycles. The van der Waals surface area contributed by atoms with E-state index in [-0.39, 0.29) is 37.3 Å². The van der Waals surface area contributed by atoms with Crippen LogP contribution in [0.15, 0.2) is 12.7 Å². The lowest BCUT2D eigenvalue weighted by Gasteiger charge is -2.38. The van der Waals surface area contributed by atoms with Gasteiger partial charge in [0.25, 0.3) is 12.4 Å². The number of rotatable bonds is 17. The van der Waals surface area contributed by atoms with Crippen LogP contribution in [-0.4, -0.2) is 96.5 Å². The lowest BCUT2D eigenvalue weighted by molar-refractivity contribution is -0.268. The molecule has 266 valence electrons. The molecule has 3 unspecified atom stereocenters. The van der Waals surface area contributed by atoms with E-state index >= 15 is 0 Å². The van der Waals surface area contributed by atoms with E-state index < -0.39 is 71.0 Å². The lowest BCUT2D eigenvalue weighted by Crippen LogP contribution is -2.62. The topological polar surface area (TPSA) is 175 Å². The van der Waals surface area contributed by atoms with E-state index in [0.717, 1.165) is 12.8 Å². The number of hydrogen-bond donors (Lipinski definition) is 5. The van der Waals surface area contributed by atoms with Gasteiger partial charge in [-0.1, -0.05) is 67.9 Å². The van der Waals surface area contributed by atoms with Crippen molar-refractivity contribution in [2.75, 3.05) is 26.3 Å². The number of nitrogens with zero attached hydrogens (tertiary/aromatic N) is 1. The number of likely N-dealkylation sites (tertiary alicyclic amines) is 1. The van der Waals surface area contributed by atoms with Crippen molar-refractivity contribution in [1.82, 2.24) is 26.2 Å². The molecule has 2 saturated carbocycles. The Labute approximate surface area is 279 Å². The molecule has 47 heavy (non-hydrogen) atoms. The second-order valence-corrected chi connectivity index (χ2v) is 15.5. The fourth-order valence-electron chi connectivity index (χ4n) is 6.09. The van der Waals surface area contributed by atoms with Gasteiger partial charge >= 0.3 is 6.03 Å². The van der Waals surface area contributed by atoms with Crippen molar-refractivity contribution in [3.63, 3.8) is 0 Å². The van der Waals surface area contributed by atoms with Crippen LogP contribution in [0.5, 0.6) is 0 Å². The summed E-state index contributed by atoms with van der Waals surface area (Å²) >= 11 is 0. The third-order valence-electron chi connectivity index (χ3n) is 9.45. The average Bonchev–Trinajstić information content (AvgIpc) is 3.88. The minimum absolute atomic E-state index is 0.0181. The van der Waals surface area contributed by atoms with Crippen LogP contribution in [0.1, 0.15) is 81.1 Å². The number of Topliss-reactive ketones (excluding diaryl/α,β-unsaturated/α-hetero) is 1. The Morgan fingerprint density at radius 1 is 1.00 bits per heavy atom. The van der Waals surface area contributed by atoms with Crippen molar-refractivity contribution in [2.45, 2.75) is 112 Å². The molecule has 5 amide bonds. The molecule has 13 nitrogen and oxygen atoms in total. The highest BCUT2D eigenvalue weighted by Gasteiger charge is 2.63. The van der Waals surface area contributed by atoms with Gasteiger partial charge in [-0.25, -0.2) is 4.79 Å². The summed E-state index contributed by atoms with van der Waals surface area (Å²) in [5, 5.41) is 21.1. The number of urea groups is 1. The number of aliphatic hydroxyl groups is 1. The Bertz CT molecular complexity index is 1160. The van der Waals surface area contributed by atoms with Gasteiger partial charge in [0.2, 0.25) is 17.6 Å². The van der Waals surface area contributed by atoms with E-state index in [0.29, 0.717) is 25.5 Å². The van der Waals surface area contributed by atoms with E-state index in [9.17, 15) is 29.1 Å². The summed E-state index contributed by atoms with van der Waals surface area (Å²) < 4.78 is 10.8. The van der Waals surface area contributed by atoms with Crippen LogP contribution in [-0.2, 0) is 28.7 Å². The van der Waals surface area contributed by atoms with Crippen LogP contribution in [0.4, 0.5) is 4.79 Å². The number of carbonyl (C=O) groups excluding carboxylic acids is 5. The average molecular weight is 664 g/mol. The summed E-state index contributed by atoms with van der Waals surface area (Å²) in [6.45, 7) is 18.2. The quantitative estimate of drug-likeness (QED) is 0.0893. The number of piperidine rings is 1. The van der Waals surface area contributed by atoms with E-state index in [2.05, 4.69) is 27.8 Å². The predicted octanol–water partition coefficient (Wildman–Crippen LogP) is 2.08. The summed E-state index contributed by atoms with van der Waals surface area (Å²) in [6.07, 6.45) is 4.43. The molecule has 0 aromatic rings. The monoisotopic (exact) mass is 663 g/mol. The number of hydrogen-bond acceptors (Lipinski definition) is 8. The molecule has 2 aliphatic carbocycles. The molecule has 8 atom stereocenters. The zero-order chi connectivity index (χ0) is 35.3. The van der Waals surface area contributed by atoms with Crippen molar-refractivity contribution in [3.8, 4) is 0 Å². The largest absolute Gasteiger partial charge is 0.346 e. The molecule has 1 saturated heterocycles. The van der Waals surface area contributed by atoms with Gasteiger partial charge in [0, 0.05) is 13.1 Å². The maximum absolute atomic E-state index is 14.2. The van der Waals surface area contributed by atoms with Gasteiger partial charge in [-0.15, -0.1) is 6.58 Å². The molecule has 13 heteroatoms. The Morgan fingerprint density at radius 3 is 2.21 bits per heavy atom. The number of ether oxygens (including phenoxy) is 2. The predicted molar refractivity (Wildman–Crippen MR) is 175 cm³/mol. The molecule has 5 N–H and O–H groups in total. The van der Waals surface area contributed by atoms with Gasteiger partial charge in [0.1, 0.15) is 12.1 Å². The molecular weight excluding hydrogens is 606 g/mol. The smallest absolute Gasteiger partial charge is 0.315 e. The summed E-state index contributed by atoms with van der Waals surface area (Å²) in [5.41, 5.74) is -1.18. The minimum Gasteiger partial charge on any atom is -0.346 e. The van der Waals surface area contributed by atoms with Crippen LogP contribution >= 0.6 is 0 Å². The standard InChI is InChI=1S/C34H57N5O8/c1-10-12-22(26(40)29(42)35-15-11-2)36-28(41)25-24-19(3)21(24)16-39(25)30(43)27(34(7,8)9)38-31(44)37-23(33(4,5)6)18-47-32(45)46-17-20-13-14-20/h11,19-25,27,32,45H,2,10,12-18H2,1,3-9H3,(H,35,42)(H,36,41)(H2,37,38,44)/t19-,21-,22?,23-,24+,25?,27-,32?/m1/s1. The zero-order valence-electron chi connectivity index (χ0n) is 29.4. The van der Waals surface area contributed by atoms with Crippen molar-refractivity contribution in [1.29, 1.82) is 0 Å². The van der Waals surface area contributed by atoms with E-state index in [4.69, 9.17) is 9.47 Å². The van der Waals surface area contributed by atoms with Crippen molar-refractivity contribution in [3.05, 3.63) is 12.7 Å². The molecule has 0 radical (unpaired) electrons. The number of amides is 5. The Balaban J connectivity index is 1.71. The molecular formula is C34H57N5O8. The van der Waals surface area contributed by atoms with Gasteiger partial charge in [-0.3, -0.25) is 19.2 Å². The zero-order valence-corrected chi connectivity index (χ0v) is 29.4. The maximum Gasteiger partial charge on any atom is 0.315 e. The van der Waals surface area contributed by atoms with Crippen LogP contribution < -0.4 is 21.3 Å². The molecule has 3 fully saturated rings. The second-order valence-electron chi connectivity index (χ2n) is 15.5. The van der Waals surface area contributed by atoms with Crippen LogP contribution in [0.25, 0.3) is 0 Å². The first-order chi connectivity index (χ1) is 21.9. The highest BCUT2D eigenvalue weighted by molar-refractivity contribution is 6.38. The van der Waals surface area contributed by atoms with Gasteiger partial charge < -0.3 is 40.7 Å². The molecule has 3 aliphatic rings. The summed E-state index contributed by atoms with van der Waals surface area (Å²) in [7, 11) is 0. The SMILES string of the molecule is C=CCNC(=O)C(=O)C(CCC)NC(=O)C1[C@H]2[C@H](C)[C@H]2CN1C(=O)[C@@H](NC(=O)N[C@H](COC(O)OCC1CC1)C(C)(C)C)C(C)(C)C. The van der Waals surface area contributed by atoms with Gasteiger partial charge in [0.05, 0.1) is 25.3 Å². The third kappa shape index (κ3) is 10.5. The van der Waals surface area contributed by atoms with Crippen LogP contribution in [0.2, 0.25) is 0 Å². The first-order valence-corrected chi connectivity index (χ1v) is 16.9. The number of aliphatic hydroxyl groups excluding tert-OH is 1. The summed E-state index contributed by atoms with van der Waals surface area (Å²) in [6, 6.07) is -3.98. The lowest BCUT2D eigenvalue weighted by atomic mass is 9.85. The Hall–Kier alpha value is -3.03. The van der Waals surface area contributed by atoms with Crippen molar-refractivity contribution >= 4 is 29.5 Å². The molecule has 0 bridgehead atoms. The van der Waals surface area contributed by atoms with Crippen molar-refractivity contribution < 1.29 is 38.6 Å². The van der Waals surface area contributed by atoms with Crippen LogP contribution in [0.3, 0.4) is 0 Å². The van der Waals surface area contributed by atoms with E-state index in [1.165, 1.54) is 11.0 Å². The highest BCUT2D eigenvalue weighted by Crippen LogP contribution is 2.55. The summed E-state index contributed by atoms with van der Waals surface area (Å²) in [5.74, 6) is -1.73. The molecule has 1 aliphatic heterocycles. The number of nitrogens with one attached hydrogen (secondary N) is 4. The van der Waals surface area contributed by atoms with Gasteiger partial charge in [-0.2, -0.15) is 0 Å². The fourth-order valence-corrected chi connectivity index (χ4v) is 6.09. The second kappa shape index (κ2) is 15.9. The number of carbonyl (C=O) groups is 5. The minimum atomic E-state index is -1.41. The third-order valence-corrected chi connectivity index (χ3v) is 9.45. The number of ketones is 1. The molecule has 3 rings (SSSR count). The Kier molecular flexibility index (Phi) is 13.0. The fraction of sp³-hybridized carbons (Fsp3) is 0.794. The van der Waals surface area contributed by atoms with Gasteiger partial charge in [-0.05, 0) is 53.8 Å². The Morgan fingerprint density at radius 2 is 1.66 bits per heavy atom. The van der Waals surface area contributed by atoms with Gasteiger partial charge in [0.15, 0.2) is 0 Å². The summed E-state index contributed by atoms with van der Waals surface area (Å²) in [4.78, 5) is 68.2. The van der Waals surface area contributed by atoms with E-state index in [1.54, 1.807) is 0 Å². The highest BCUT2D eigenvalue weighted by atomic mass is 16.8. The van der Waals surface area contributed by atoms with Crippen LogP contribution in [0, 0.1) is 34.5 Å². The molecule has 0 aromatic heterocycles. The first kappa shape index (κ1) is 38.4. The van der Waals surface area contributed by atoms with E-state index in [1.807, 2.05) is 55.4 Å². The normalized spacial score (nSPS) is 24.7. The molecule has 0 aromatic carbocycles. The maximum atomic E-state index is 14.2. The van der Waals surface area contributed by atoms with Crippen molar-refractivity contribution in [2.24, 2.45) is 34.5 Å². The number of fused-ring (bicyclic) bond motifs is 1. The molecule has 0 spiro atoms. The first-order valence-electron chi connectivity index (χ1n) is 16.9.